The maximum absolute atomic E-state index is 6.33. The van der Waals surface area contributed by atoms with E-state index in [0.717, 1.165) is 19.3 Å². The van der Waals surface area contributed by atoms with E-state index >= 15 is 0 Å². The molecule has 0 amide bonds. The first-order chi connectivity index (χ1) is 8.01. The molecule has 0 heterocycles. The molecule has 1 aromatic rings. The summed E-state index contributed by atoms with van der Waals surface area (Å²) in [5, 5.41) is 0. The summed E-state index contributed by atoms with van der Waals surface area (Å²) in [7, 11) is -1.53. The molecule has 0 aromatic heterocycles. The lowest BCUT2D eigenvalue weighted by molar-refractivity contribution is 0.499. The Kier molecular flexibility index (Phi) is 3.43. The topological polar surface area (TPSA) is 9.23 Å². The van der Waals surface area contributed by atoms with Crippen LogP contribution < -0.4 is 0 Å². The Hall–Kier alpha value is -1.02. The van der Waals surface area contributed by atoms with Gasteiger partial charge in [-0.05, 0) is 50.0 Å². The van der Waals surface area contributed by atoms with Crippen molar-refractivity contribution in [3.8, 4) is 0 Å². The fourth-order valence-corrected chi connectivity index (χ4v) is 3.19. The van der Waals surface area contributed by atoms with Crippen molar-refractivity contribution in [1.82, 2.24) is 0 Å². The highest BCUT2D eigenvalue weighted by molar-refractivity contribution is 6.70. The lowest BCUT2D eigenvalue weighted by atomic mass is 9.89. The smallest absolute Gasteiger partial charge is 0.242 e. The summed E-state index contributed by atoms with van der Waals surface area (Å²) in [6.45, 7) is 9.00. The van der Waals surface area contributed by atoms with Crippen molar-refractivity contribution in [3.63, 3.8) is 0 Å². The fourth-order valence-electron chi connectivity index (χ4n) is 2.32. The van der Waals surface area contributed by atoms with Gasteiger partial charge >= 0.3 is 0 Å². The first-order valence-corrected chi connectivity index (χ1v) is 9.91. The van der Waals surface area contributed by atoms with Crippen LogP contribution in [0.3, 0.4) is 0 Å². The first kappa shape index (κ1) is 12.4. The Balaban J connectivity index is 2.45. The third-order valence-corrected chi connectivity index (χ3v) is 3.93. The molecule has 1 aliphatic carbocycles. The molecular formula is C15H22OSi. The lowest BCUT2D eigenvalue weighted by Crippen LogP contribution is -2.26. The minimum atomic E-state index is -1.53. The molecule has 0 aliphatic heterocycles. The molecule has 1 aliphatic rings. The van der Waals surface area contributed by atoms with Crippen LogP contribution in [0.2, 0.25) is 19.6 Å². The quantitative estimate of drug-likeness (QED) is 0.708. The fraction of sp³-hybridized carbons (Fsp3) is 0.467. The zero-order valence-corrected chi connectivity index (χ0v) is 12.3. The SMILES string of the molecule is CCC1=C(O[Si](C)(C)C)c2ccccc2CC1. The second kappa shape index (κ2) is 4.69. The van der Waals surface area contributed by atoms with Gasteiger partial charge in [0, 0.05) is 5.56 Å². The molecule has 0 spiro atoms. The van der Waals surface area contributed by atoms with Gasteiger partial charge in [-0.15, -0.1) is 0 Å². The van der Waals surface area contributed by atoms with Crippen LogP contribution in [-0.4, -0.2) is 8.32 Å². The van der Waals surface area contributed by atoms with Crippen molar-refractivity contribution in [3.05, 3.63) is 41.0 Å². The summed E-state index contributed by atoms with van der Waals surface area (Å²) in [6, 6.07) is 8.68. The Bertz CT molecular complexity index is 440. The molecule has 0 fully saturated rings. The van der Waals surface area contributed by atoms with Crippen molar-refractivity contribution in [2.24, 2.45) is 0 Å². The van der Waals surface area contributed by atoms with E-state index in [-0.39, 0.29) is 0 Å². The van der Waals surface area contributed by atoms with Crippen LogP contribution in [0, 0.1) is 0 Å². The van der Waals surface area contributed by atoms with E-state index in [1.54, 1.807) is 0 Å². The van der Waals surface area contributed by atoms with Gasteiger partial charge in [0.15, 0.2) is 0 Å². The van der Waals surface area contributed by atoms with E-state index in [1.807, 2.05) is 0 Å². The third-order valence-electron chi connectivity index (χ3n) is 3.11. The predicted molar refractivity (Wildman–Crippen MR) is 76.4 cm³/mol. The van der Waals surface area contributed by atoms with E-state index in [4.69, 9.17) is 4.43 Å². The van der Waals surface area contributed by atoms with Crippen LogP contribution in [0.15, 0.2) is 29.8 Å². The molecule has 0 atom stereocenters. The minimum Gasteiger partial charge on any atom is -0.544 e. The zero-order valence-electron chi connectivity index (χ0n) is 11.3. The Morgan fingerprint density at radius 3 is 2.47 bits per heavy atom. The summed E-state index contributed by atoms with van der Waals surface area (Å²) >= 11 is 0. The third kappa shape index (κ3) is 2.81. The maximum Gasteiger partial charge on any atom is 0.242 e. The van der Waals surface area contributed by atoms with Crippen LogP contribution in [-0.2, 0) is 10.8 Å². The van der Waals surface area contributed by atoms with E-state index < -0.39 is 8.32 Å². The Morgan fingerprint density at radius 1 is 1.12 bits per heavy atom. The largest absolute Gasteiger partial charge is 0.544 e. The van der Waals surface area contributed by atoms with Crippen molar-refractivity contribution < 1.29 is 4.43 Å². The molecule has 0 bridgehead atoms. The molecule has 1 aromatic carbocycles. The highest BCUT2D eigenvalue weighted by atomic mass is 28.4. The molecule has 0 unspecified atom stereocenters. The summed E-state index contributed by atoms with van der Waals surface area (Å²) < 4.78 is 6.33. The summed E-state index contributed by atoms with van der Waals surface area (Å²) in [5.74, 6) is 1.19. The lowest BCUT2D eigenvalue weighted by Gasteiger charge is -2.29. The Labute approximate surface area is 106 Å². The van der Waals surface area contributed by atoms with Crippen LogP contribution in [0.5, 0.6) is 0 Å². The highest BCUT2D eigenvalue weighted by Gasteiger charge is 2.24. The summed E-state index contributed by atoms with van der Waals surface area (Å²) in [5.41, 5.74) is 4.27. The number of rotatable bonds is 3. The molecule has 1 nitrogen and oxygen atoms in total. The first-order valence-electron chi connectivity index (χ1n) is 6.50. The van der Waals surface area contributed by atoms with E-state index in [1.165, 1.54) is 22.5 Å². The molecule has 92 valence electrons. The number of hydrogen-bond donors (Lipinski definition) is 0. The molecule has 0 saturated carbocycles. The van der Waals surface area contributed by atoms with Gasteiger partial charge in [0.05, 0.1) is 0 Å². The van der Waals surface area contributed by atoms with Gasteiger partial charge in [0.1, 0.15) is 5.76 Å². The zero-order chi connectivity index (χ0) is 12.5. The van der Waals surface area contributed by atoms with E-state index in [2.05, 4.69) is 50.8 Å². The second-order valence-electron chi connectivity index (χ2n) is 5.66. The number of benzene rings is 1. The number of fused-ring (bicyclic) bond motifs is 1. The van der Waals surface area contributed by atoms with Crippen molar-refractivity contribution in [1.29, 1.82) is 0 Å². The molecule has 17 heavy (non-hydrogen) atoms. The van der Waals surface area contributed by atoms with Gasteiger partial charge in [-0.25, -0.2) is 0 Å². The molecule has 0 saturated heterocycles. The molecule has 2 rings (SSSR count). The maximum atomic E-state index is 6.33. The van der Waals surface area contributed by atoms with Crippen LogP contribution in [0.25, 0.3) is 5.76 Å². The normalized spacial score (nSPS) is 15.8. The Morgan fingerprint density at radius 2 is 1.82 bits per heavy atom. The minimum absolute atomic E-state index is 1.11. The average Bonchev–Trinajstić information content (AvgIpc) is 2.28. The second-order valence-corrected chi connectivity index (χ2v) is 10.1. The van der Waals surface area contributed by atoms with Crippen molar-refractivity contribution >= 4 is 14.1 Å². The predicted octanol–water partition coefficient (Wildman–Crippen LogP) is 4.61. The van der Waals surface area contributed by atoms with Gasteiger partial charge in [-0.1, -0.05) is 31.2 Å². The van der Waals surface area contributed by atoms with Crippen LogP contribution >= 0.6 is 0 Å². The number of hydrogen-bond acceptors (Lipinski definition) is 1. The molecule has 0 radical (unpaired) electrons. The summed E-state index contributed by atoms with van der Waals surface area (Å²) in [6.07, 6.45) is 3.43. The van der Waals surface area contributed by atoms with Gasteiger partial charge in [-0.3, -0.25) is 0 Å². The van der Waals surface area contributed by atoms with E-state index in [0.29, 0.717) is 0 Å². The standard InChI is InChI=1S/C15H22OSi/c1-5-12-10-11-13-8-6-7-9-14(13)15(12)16-17(2,3)4/h6-9H,5,10-11H2,1-4H3. The van der Waals surface area contributed by atoms with Crippen LogP contribution in [0.4, 0.5) is 0 Å². The average molecular weight is 246 g/mol. The highest BCUT2D eigenvalue weighted by Crippen LogP contribution is 2.35. The van der Waals surface area contributed by atoms with E-state index in [9.17, 15) is 0 Å². The number of aryl methyl sites for hydroxylation is 1. The van der Waals surface area contributed by atoms with Crippen molar-refractivity contribution in [2.75, 3.05) is 0 Å². The van der Waals surface area contributed by atoms with Crippen LogP contribution in [0.1, 0.15) is 30.9 Å². The van der Waals surface area contributed by atoms with Gasteiger partial charge in [0.25, 0.3) is 0 Å². The molecule has 2 heteroatoms. The van der Waals surface area contributed by atoms with Gasteiger partial charge in [0.2, 0.25) is 8.32 Å². The monoisotopic (exact) mass is 246 g/mol. The molecule has 0 N–H and O–H groups in total. The number of allylic oxidation sites excluding steroid dienone is 1. The van der Waals surface area contributed by atoms with Crippen molar-refractivity contribution in [2.45, 2.75) is 45.8 Å². The van der Waals surface area contributed by atoms with Gasteiger partial charge in [-0.2, -0.15) is 0 Å². The molecular weight excluding hydrogens is 224 g/mol. The summed E-state index contributed by atoms with van der Waals surface area (Å²) in [4.78, 5) is 0. The van der Waals surface area contributed by atoms with Gasteiger partial charge < -0.3 is 4.43 Å².